The molecule has 0 saturated carbocycles. The zero-order chi connectivity index (χ0) is 15.2. The summed E-state index contributed by atoms with van der Waals surface area (Å²) in [5.41, 5.74) is 2.07. The second-order valence-electron chi connectivity index (χ2n) is 4.63. The maximum atomic E-state index is 5.60. The number of anilines is 1. The van der Waals surface area contributed by atoms with Gasteiger partial charge >= 0.3 is 0 Å². The Morgan fingerprint density at radius 1 is 1.14 bits per heavy atom. The van der Waals surface area contributed by atoms with E-state index in [1.54, 1.807) is 0 Å². The second-order valence-corrected chi connectivity index (χ2v) is 5.71. The van der Waals surface area contributed by atoms with Crippen molar-refractivity contribution >= 4 is 28.4 Å². The molecule has 0 spiro atoms. The van der Waals surface area contributed by atoms with Crippen LogP contribution in [0.3, 0.4) is 0 Å². The van der Waals surface area contributed by atoms with Gasteiger partial charge in [0.05, 0.1) is 15.9 Å². The summed E-state index contributed by atoms with van der Waals surface area (Å²) < 4.78 is 6.69. The average molecular weight is 397 g/mol. The highest BCUT2D eigenvalue weighted by molar-refractivity contribution is 14.1. The van der Waals surface area contributed by atoms with Crippen LogP contribution >= 0.6 is 22.6 Å². The van der Waals surface area contributed by atoms with E-state index in [4.69, 9.17) is 4.74 Å². The monoisotopic (exact) mass is 397 g/mol. The van der Waals surface area contributed by atoms with Crippen molar-refractivity contribution in [1.29, 1.82) is 0 Å². The Hall–Kier alpha value is -1.37. The molecular weight excluding hydrogens is 377 g/mol. The summed E-state index contributed by atoms with van der Waals surface area (Å²) in [5.74, 6) is 2.51. The van der Waals surface area contributed by atoms with Crippen LogP contribution in [-0.4, -0.2) is 23.6 Å². The molecule has 0 atom stereocenters. The third-order valence-corrected chi connectivity index (χ3v) is 4.21. The normalized spacial score (nSPS) is 10.5. The van der Waals surface area contributed by atoms with Crippen LogP contribution in [0.15, 0.2) is 24.3 Å². The Bertz CT molecular complexity index is 574. The lowest BCUT2D eigenvalue weighted by molar-refractivity contribution is 0.317. The first-order chi connectivity index (χ1) is 10.2. The second kappa shape index (κ2) is 7.59. The number of hydrogen-bond acceptors (Lipinski definition) is 4. The number of nitrogens with one attached hydrogen (secondary N) is 1. The van der Waals surface area contributed by atoms with Gasteiger partial charge in [-0.3, -0.25) is 0 Å². The first kappa shape index (κ1) is 16.0. The summed E-state index contributed by atoms with van der Waals surface area (Å²) in [7, 11) is 1.88. The van der Waals surface area contributed by atoms with Gasteiger partial charge in [-0.15, -0.1) is 0 Å². The van der Waals surface area contributed by atoms with Gasteiger partial charge in [-0.05, 0) is 59.7 Å². The van der Waals surface area contributed by atoms with Crippen LogP contribution in [-0.2, 0) is 6.42 Å². The van der Waals surface area contributed by atoms with E-state index in [1.807, 2.05) is 31.3 Å². The molecule has 1 N–H and O–H groups in total. The quantitative estimate of drug-likeness (QED) is 0.745. The number of rotatable bonds is 6. The minimum Gasteiger partial charge on any atom is -0.494 e. The first-order valence-corrected chi connectivity index (χ1v) is 8.24. The van der Waals surface area contributed by atoms with E-state index in [9.17, 15) is 0 Å². The Labute approximate surface area is 139 Å². The number of ether oxygens (including phenoxy) is 1. The van der Waals surface area contributed by atoms with Crippen LogP contribution < -0.4 is 10.1 Å². The SMILES string of the molecule is CCCOc1ccc(-c2nc(CC)c(I)c(NC)n2)cc1. The number of benzene rings is 1. The molecule has 0 aliphatic rings. The van der Waals surface area contributed by atoms with Crippen molar-refractivity contribution < 1.29 is 4.74 Å². The summed E-state index contributed by atoms with van der Waals surface area (Å²) in [6.07, 6.45) is 1.90. The van der Waals surface area contributed by atoms with Gasteiger partial charge in [0.15, 0.2) is 5.82 Å². The molecule has 5 heteroatoms. The number of aryl methyl sites for hydroxylation is 1. The highest BCUT2D eigenvalue weighted by Crippen LogP contribution is 2.25. The number of nitrogens with zero attached hydrogens (tertiary/aromatic N) is 2. The van der Waals surface area contributed by atoms with Gasteiger partial charge in [-0.2, -0.15) is 0 Å². The molecule has 21 heavy (non-hydrogen) atoms. The molecule has 1 aromatic heterocycles. The molecule has 112 valence electrons. The fourth-order valence-electron chi connectivity index (χ4n) is 1.94. The maximum absolute atomic E-state index is 5.60. The first-order valence-electron chi connectivity index (χ1n) is 7.17. The summed E-state index contributed by atoms with van der Waals surface area (Å²) in [4.78, 5) is 9.25. The van der Waals surface area contributed by atoms with Crippen molar-refractivity contribution in [3.05, 3.63) is 33.5 Å². The minimum atomic E-state index is 0.739. The molecule has 0 unspecified atom stereocenters. The Kier molecular flexibility index (Phi) is 5.78. The standard InChI is InChI=1S/C16H20IN3O/c1-4-10-21-12-8-6-11(7-9-12)15-19-13(5-2)14(17)16(18-3)20-15/h6-9H,4-5,10H2,1-3H3,(H,18,19,20). The van der Waals surface area contributed by atoms with Gasteiger partial charge < -0.3 is 10.1 Å². The highest BCUT2D eigenvalue weighted by Gasteiger charge is 2.11. The van der Waals surface area contributed by atoms with Crippen molar-refractivity contribution in [2.24, 2.45) is 0 Å². The summed E-state index contributed by atoms with van der Waals surface area (Å²) in [6.45, 7) is 4.94. The molecule has 0 fully saturated rings. The van der Waals surface area contributed by atoms with E-state index < -0.39 is 0 Å². The Morgan fingerprint density at radius 2 is 1.86 bits per heavy atom. The van der Waals surface area contributed by atoms with Crippen molar-refractivity contribution in [2.45, 2.75) is 26.7 Å². The Balaban J connectivity index is 2.33. The number of hydrogen-bond donors (Lipinski definition) is 1. The van der Waals surface area contributed by atoms with Gasteiger partial charge in [0.1, 0.15) is 11.6 Å². The zero-order valence-corrected chi connectivity index (χ0v) is 14.8. The molecule has 0 amide bonds. The molecule has 0 aliphatic carbocycles. The predicted octanol–water partition coefficient (Wildman–Crippen LogP) is 4.14. The van der Waals surface area contributed by atoms with Crippen LogP contribution in [0.4, 0.5) is 5.82 Å². The van der Waals surface area contributed by atoms with Gasteiger partial charge in [0.25, 0.3) is 0 Å². The van der Waals surface area contributed by atoms with Crippen LogP contribution in [0.2, 0.25) is 0 Å². The summed E-state index contributed by atoms with van der Waals surface area (Å²) in [5, 5.41) is 3.14. The van der Waals surface area contributed by atoms with E-state index in [2.05, 4.69) is 51.7 Å². The van der Waals surface area contributed by atoms with Crippen LogP contribution in [0.5, 0.6) is 5.75 Å². The topological polar surface area (TPSA) is 47.0 Å². The summed E-state index contributed by atoms with van der Waals surface area (Å²) in [6, 6.07) is 7.95. The summed E-state index contributed by atoms with van der Waals surface area (Å²) >= 11 is 2.29. The molecule has 2 rings (SSSR count). The molecule has 0 aliphatic heterocycles. The fourth-order valence-corrected chi connectivity index (χ4v) is 2.84. The third kappa shape index (κ3) is 3.84. The van der Waals surface area contributed by atoms with Crippen LogP contribution in [0.1, 0.15) is 26.0 Å². The van der Waals surface area contributed by atoms with Crippen molar-refractivity contribution in [3.8, 4) is 17.1 Å². The molecule has 0 radical (unpaired) electrons. The molecule has 0 bridgehead atoms. The number of aromatic nitrogens is 2. The van der Waals surface area contributed by atoms with E-state index in [-0.39, 0.29) is 0 Å². The molecule has 1 heterocycles. The third-order valence-electron chi connectivity index (χ3n) is 3.08. The lowest BCUT2D eigenvalue weighted by atomic mass is 10.2. The predicted molar refractivity (Wildman–Crippen MR) is 94.9 cm³/mol. The zero-order valence-electron chi connectivity index (χ0n) is 12.6. The minimum absolute atomic E-state index is 0.739. The Morgan fingerprint density at radius 3 is 2.43 bits per heavy atom. The van der Waals surface area contributed by atoms with E-state index in [0.717, 1.165) is 51.7 Å². The fraction of sp³-hybridized carbons (Fsp3) is 0.375. The largest absolute Gasteiger partial charge is 0.494 e. The van der Waals surface area contributed by atoms with Gasteiger partial charge in [-0.1, -0.05) is 13.8 Å². The van der Waals surface area contributed by atoms with Crippen molar-refractivity contribution in [2.75, 3.05) is 19.0 Å². The smallest absolute Gasteiger partial charge is 0.161 e. The average Bonchev–Trinajstić information content (AvgIpc) is 2.53. The molecular formula is C16H20IN3O. The van der Waals surface area contributed by atoms with Gasteiger partial charge in [0, 0.05) is 12.6 Å². The van der Waals surface area contributed by atoms with E-state index in [1.165, 1.54) is 0 Å². The molecule has 4 nitrogen and oxygen atoms in total. The number of halogens is 1. The molecule has 0 saturated heterocycles. The van der Waals surface area contributed by atoms with Crippen molar-refractivity contribution in [1.82, 2.24) is 9.97 Å². The lowest BCUT2D eigenvalue weighted by Crippen LogP contribution is -2.04. The van der Waals surface area contributed by atoms with Gasteiger partial charge in [0.2, 0.25) is 0 Å². The van der Waals surface area contributed by atoms with Crippen molar-refractivity contribution in [3.63, 3.8) is 0 Å². The van der Waals surface area contributed by atoms with Crippen LogP contribution in [0, 0.1) is 3.57 Å². The van der Waals surface area contributed by atoms with E-state index in [0.29, 0.717) is 0 Å². The van der Waals surface area contributed by atoms with Crippen LogP contribution in [0.25, 0.3) is 11.4 Å². The highest BCUT2D eigenvalue weighted by atomic mass is 127. The maximum Gasteiger partial charge on any atom is 0.161 e. The van der Waals surface area contributed by atoms with E-state index >= 15 is 0 Å². The molecule has 1 aromatic carbocycles. The van der Waals surface area contributed by atoms with Gasteiger partial charge in [-0.25, -0.2) is 9.97 Å². The molecule has 2 aromatic rings. The lowest BCUT2D eigenvalue weighted by Gasteiger charge is -2.10.